The predicted molar refractivity (Wildman–Crippen MR) is 113 cm³/mol. The average molecular weight is 417 g/mol. The van der Waals surface area contributed by atoms with Crippen LogP contribution in [0, 0.1) is 19.7 Å². The van der Waals surface area contributed by atoms with Crippen LogP contribution in [0.5, 0.6) is 0 Å². The number of hydrogen-bond acceptors (Lipinski definition) is 4. The van der Waals surface area contributed by atoms with Crippen molar-refractivity contribution in [3.63, 3.8) is 0 Å². The molecule has 0 aliphatic heterocycles. The number of nitrogens with zero attached hydrogens (tertiary/aromatic N) is 3. The largest absolute Gasteiger partial charge is 0.454 e. The number of aromatic nitrogens is 3. The molecule has 0 amide bonds. The number of esters is 1. The summed E-state index contributed by atoms with van der Waals surface area (Å²) < 4.78 is 21.9. The Hall–Kier alpha value is -4.00. The van der Waals surface area contributed by atoms with Crippen molar-refractivity contribution in [3.8, 4) is 11.5 Å². The first kappa shape index (κ1) is 20.3. The van der Waals surface area contributed by atoms with Crippen molar-refractivity contribution in [3.05, 3.63) is 101 Å². The topological polar surface area (TPSA) is 66.1 Å². The Kier molecular flexibility index (Phi) is 5.49. The van der Waals surface area contributed by atoms with E-state index in [9.17, 15) is 14.0 Å². The molecule has 0 bridgehead atoms. The highest BCUT2D eigenvalue weighted by molar-refractivity contribution is 6.00. The van der Waals surface area contributed by atoms with Gasteiger partial charge in [0.15, 0.2) is 18.2 Å². The summed E-state index contributed by atoms with van der Waals surface area (Å²) in [6, 6.07) is 14.7. The molecule has 0 atom stereocenters. The number of benzene rings is 2. The van der Waals surface area contributed by atoms with Crippen molar-refractivity contribution in [1.29, 1.82) is 0 Å². The van der Waals surface area contributed by atoms with Gasteiger partial charge < -0.3 is 9.30 Å². The molecule has 0 saturated carbocycles. The summed E-state index contributed by atoms with van der Waals surface area (Å²) in [5, 5.41) is 4.29. The van der Waals surface area contributed by atoms with Crippen LogP contribution in [-0.2, 0) is 4.74 Å². The molecule has 0 spiro atoms. The quantitative estimate of drug-likeness (QED) is 0.343. The molecule has 0 fully saturated rings. The molecule has 0 aliphatic rings. The molecule has 156 valence electrons. The van der Waals surface area contributed by atoms with Crippen molar-refractivity contribution in [1.82, 2.24) is 14.3 Å². The number of ether oxygens (including phenoxy) is 1. The number of rotatable bonds is 6. The van der Waals surface area contributed by atoms with E-state index < -0.39 is 5.97 Å². The van der Waals surface area contributed by atoms with Crippen LogP contribution in [0.2, 0.25) is 0 Å². The zero-order valence-corrected chi connectivity index (χ0v) is 17.1. The number of hydrogen-bond donors (Lipinski definition) is 0. The van der Waals surface area contributed by atoms with E-state index in [0.717, 1.165) is 11.1 Å². The molecule has 0 unspecified atom stereocenters. The lowest BCUT2D eigenvalue weighted by Gasteiger charge is -2.11. The fraction of sp³-hybridized carbons (Fsp3) is 0.125. The van der Waals surface area contributed by atoms with E-state index in [1.165, 1.54) is 23.0 Å². The molecule has 0 saturated heterocycles. The van der Waals surface area contributed by atoms with Gasteiger partial charge >= 0.3 is 5.97 Å². The number of aryl methyl sites for hydroxylation is 2. The Bertz CT molecular complexity index is 1240. The van der Waals surface area contributed by atoms with Gasteiger partial charge in [-0.1, -0.05) is 12.1 Å². The Morgan fingerprint density at radius 3 is 2.39 bits per heavy atom. The van der Waals surface area contributed by atoms with Crippen molar-refractivity contribution in [2.45, 2.75) is 13.8 Å². The van der Waals surface area contributed by atoms with E-state index in [0.29, 0.717) is 17.1 Å². The molecule has 2 aromatic carbocycles. The molecule has 2 heterocycles. The highest BCUT2D eigenvalue weighted by atomic mass is 19.1. The average Bonchev–Trinajstić information content (AvgIpc) is 3.44. The van der Waals surface area contributed by atoms with E-state index in [4.69, 9.17) is 4.74 Å². The number of ketones is 1. The SMILES string of the molecule is Cc1ccc(C(=O)COC(=O)c2cnn(-c3ccc(F)cc3)c2-n2cccc2)cc1C. The lowest BCUT2D eigenvalue weighted by atomic mass is 10.0. The van der Waals surface area contributed by atoms with Gasteiger partial charge in [-0.2, -0.15) is 5.10 Å². The van der Waals surface area contributed by atoms with Crippen molar-refractivity contribution >= 4 is 11.8 Å². The third-order valence-corrected chi connectivity index (χ3v) is 5.05. The van der Waals surface area contributed by atoms with Crippen LogP contribution in [0.25, 0.3) is 11.5 Å². The molecule has 4 rings (SSSR count). The van der Waals surface area contributed by atoms with Gasteiger partial charge in [0.2, 0.25) is 0 Å². The molecular weight excluding hydrogens is 397 g/mol. The maximum atomic E-state index is 13.3. The summed E-state index contributed by atoms with van der Waals surface area (Å²) in [4.78, 5) is 25.3. The second-order valence-electron chi connectivity index (χ2n) is 7.16. The van der Waals surface area contributed by atoms with Gasteiger partial charge in [-0.05, 0) is 67.4 Å². The first-order chi connectivity index (χ1) is 14.9. The predicted octanol–water partition coefficient (Wildman–Crippen LogP) is 4.46. The summed E-state index contributed by atoms with van der Waals surface area (Å²) in [6.45, 7) is 3.50. The fourth-order valence-electron chi connectivity index (χ4n) is 3.19. The summed E-state index contributed by atoms with van der Waals surface area (Å²) in [6.07, 6.45) is 4.89. The Labute approximate surface area is 178 Å². The minimum absolute atomic E-state index is 0.188. The zero-order chi connectivity index (χ0) is 22.0. The summed E-state index contributed by atoms with van der Waals surface area (Å²) in [7, 11) is 0. The maximum Gasteiger partial charge on any atom is 0.344 e. The van der Waals surface area contributed by atoms with Gasteiger partial charge in [0, 0.05) is 18.0 Å². The molecule has 2 aromatic heterocycles. The van der Waals surface area contributed by atoms with E-state index >= 15 is 0 Å². The van der Waals surface area contributed by atoms with Crippen molar-refractivity contribution in [2.75, 3.05) is 6.61 Å². The van der Waals surface area contributed by atoms with Gasteiger partial charge in [0.1, 0.15) is 11.4 Å². The molecule has 6 nitrogen and oxygen atoms in total. The Balaban J connectivity index is 1.60. The maximum absolute atomic E-state index is 13.3. The van der Waals surface area contributed by atoms with E-state index in [1.54, 1.807) is 53.4 Å². The molecule has 31 heavy (non-hydrogen) atoms. The fourth-order valence-corrected chi connectivity index (χ4v) is 3.19. The number of Topliss-reactive ketones (excluding diaryl/α,β-unsaturated/α-hetero) is 1. The van der Waals surface area contributed by atoms with Gasteiger partial charge in [-0.15, -0.1) is 0 Å². The lowest BCUT2D eigenvalue weighted by Crippen LogP contribution is -2.16. The molecule has 0 radical (unpaired) electrons. The highest BCUT2D eigenvalue weighted by Crippen LogP contribution is 2.21. The van der Waals surface area contributed by atoms with E-state index in [1.807, 2.05) is 19.9 Å². The minimum atomic E-state index is -0.672. The molecule has 0 aliphatic carbocycles. The standard InChI is InChI=1S/C24H20FN3O3/c1-16-5-6-18(13-17(16)2)22(29)15-31-24(30)21-14-26-28(20-9-7-19(25)8-10-20)23(21)27-11-3-4-12-27/h3-14H,15H2,1-2H3. The number of halogens is 1. The molecule has 0 N–H and O–H groups in total. The van der Waals surface area contributed by atoms with Gasteiger partial charge in [-0.25, -0.2) is 13.9 Å². The third kappa shape index (κ3) is 4.16. The second kappa shape index (κ2) is 8.39. The summed E-state index contributed by atoms with van der Waals surface area (Å²) in [5.74, 6) is -0.901. The van der Waals surface area contributed by atoms with Crippen LogP contribution < -0.4 is 0 Å². The molecular formula is C24H20FN3O3. The molecule has 7 heteroatoms. The zero-order valence-electron chi connectivity index (χ0n) is 17.1. The Morgan fingerprint density at radius 2 is 1.71 bits per heavy atom. The van der Waals surface area contributed by atoms with Crippen LogP contribution in [0.3, 0.4) is 0 Å². The molecule has 4 aromatic rings. The van der Waals surface area contributed by atoms with Gasteiger partial charge in [0.05, 0.1) is 11.9 Å². The highest BCUT2D eigenvalue weighted by Gasteiger charge is 2.22. The van der Waals surface area contributed by atoms with Crippen molar-refractivity contribution in [2.24, 2.45) is 0 Å². The van der Waals surface area contributed by atoms with Crippen LogP contribution in [0.4, 0.5) is 4.39 Å². The number of carbonyl (C=O) groups excluding carboxylic acids is 2. The smallest absolute Gasteiger partial charge is 0.344 e. The van der Waals surface area contributed by atoms with Crippen LogP contribution >= 0.6 is 0 Å². The lowest BCUT2D eigenvalue weighted by molar-refractivity contribution is 0.0474. The minimum Gasteiger partial charge on any atom is -0.454 e. The van der Waals surface area contributed by atoms with Gasteiger partial charge in [0.25, 0.3) is 0 Å². The second-order valence-corrected chi connectivity index (χ2v) is 7.16. The van der Waals surface area contributed by atoms with Gasteiger partial charge in [-0.3, -0.25) is 4.79 Å². The van der Waals surface area contributed by atoms with Crippen molar-refractivity contribution < 1.29 is 18.7 Å². The van der Waals surface area contributed by atoms with Crippen LogP contribution in [-0.4, -0.2) is 32.7 Å². The van der Waals surface area contributed by atoms with E-state index in [2.05, 4.69) is 5.10 Å². The van der Waals surface area contributed by atoms with Crippen LogP contribution in [0.1, 0.15) is 31.8 Å². The summed E-state index contributed by atoms with van der Waals surface area (Å²) >= 11 is 0. The third-order valence-electron chi connectivity index (χ3n) is 5.05. The monoisotopic (exact) mass is 417 g/mol. The summed E-state index contributed by atoms with van der Waals surface area (Å²) in [5.41, 5.74) is 3.33. The first-order valence-corrected chi connectivity index (χ1v) is 9.69. The van der Waals surface area contributed by atoms with E-state index in [-0.39, 0.29) is 23.8 Å². The normalized spacial score (nSPS) is 10.8. The van der Waals surface area contributed by atoms with Crippen LogP contribution in [0.15, 0.2) is 73.2 Å². The Morgan fingerprint density at radius 1 is 1.00 bits per heavy atom. The number of carbonyl (C=O) groups is 2. The first-order valence-electron chi connectivity index (χ1n) is 9.69.